The molecule has 0 spiro atoms. The van der Waals surface area contributed by atoms with Crippen molar-refractivity contribution in [2.75, 3.05) is 19.0 Å². The highest BCUT2D eigenvalue weighted by molar-refractivity contribution is 7.89. The fourth-order valence-electron chi connectivity index (χ4n) is 2.43. The quantitative estimate of drug-likeness (QED) is 0.618. The molecule has 140 valence electrons. The Balaban J connectivity index is 2.24. The summed E-state index contributed by atoms with van der Waals surface area (Å²) in [6, 6.07) is 13.0. The first kappa shape index (κ1) is 19.9. The van der Waals surface area contributed by atoms with Crippen molar-refractivity contribution in [1.82, 2.24) is 4.72 Å². The van der Waals surface area contributed by atoms with Gasteiger partial charge in [-0.05, 0) is 30.7 Å². The number of aromatic carboxylic acids is 1. The van der Waals surface area contributed by atoms with Crippen molar-refractivity contribution in [2.24, 2.45) is 0 Å². The predicted molar refractivity (Wildman–Crippen MR) is 98.8 cm³/mol. The van der Waals surface area contributed by atoms with Crippen molar-refractivity contribution in [3.8, 4) is 0 Å². The van der Waals surface area contributed by atoms with E-state index >= 15 is 0 Å². The normalized spacial score (nSPS) is 12.5. The molecule has 8 heteroatoms. The summed E-state index contributed by atoms with van der Waals surface area (Å²) in [4.78, 5) is 11.5. The van der Waals surface area contributed by atoms with Gasteiger partial charge in [-0.1, -0.05) is 30.3 Å². The maximum atomic E-state index is 12.4. The molecule has 7 nitrogen and oxygen atoms in total. The van der Waals surface area contributed by atoms with Crippen LogP contribution in [0.4, 0.5) is 5.69 Å². The summed E-state index contributed by atoms with van der Waals surface area (Å²) in [5.74, 6) is -1.21. The van der Waals surface area contributed by atoms with Gasteiger partial charge in [-0.2, -0.15) is 0 Å². The van der Waals surface area contributed by atoms with Gasteiger partial charge in [-0.25, -0.2) is 17.9 Å². The van der Waals surface area contributed by atoms with Crippen LogP contribution in [0, 0.1) is 0 Å². The van der Waals surface area contributed by atoms with Crippen LogP contribution in [0.2, 0.25) is 0 Å². The summed E-state index contributed by atoms with van der Waals surface area (Å²) in [5, 5.41) is 12.5. The zero-order chi connectivity index (χ0) is 19.2. The number of carbonyl (C=O) groups is 1. The van der Waals surface area contributed by atoms with Gasteiger partial charge in [0.1, 0.15) is 0 Å². The number of sulfonamides is 1. The summed E-state index contributed by atoms with van der Waals surface area (Å²) < 4.78 is 32.2. The molecule has 0 unspecified atom stereocenters. The van der Waals surface area contributed by atoms with Crippen LogP contribution in [0.5, 0.6) is 0 Å². The largest absolute Gasteiger partial charge is 0.478 e. The van der Waals surface area contributed by atoms with Crippen molar-refractivity contribution in [3.05, 3.63) is 59.7 Å². The molecule has 0 amide bonds. The van der Waals surface area contributed by atoms with Crippen LogP contribution in [0.25, 0.3) is 0 Å². The second kappa shape index (κ2) is 8.79. The first-order chi connectivity index (χ1) is 12.3. The third kappa shape index (κ3) is 5.29. The maximum Gasteiger partial charge on any atom is 0.337 e. The number of anilines is 1. The number of hydrogen-bond donors (Lipinski definition) is 3. The molecule has 26 heavy (non-hydrogen) atoms. The Morgan fingerprint density at radius 2 is 1.88 bits per heavy atom. The van der Waals surface area contributed by atoms with Crippen LogP contribution in [0.1, 0.15) is 22.8 Å². The fraction of sp³-hybridized carbons (Fsp3) is 0.278. The minimum atomic E-state index is -3.84. The first-order valence-electron chi connectivity index (χ1n) is 8.00. The molecule has 0 fully saturated rings. The average molecular weight is 378 g/mol. The lowest BCUT2D eigenvalue weighted by Crippen LogP contribution is -2.35. The molecule has 2 aromatic carbocycles. The molecule has 0 aliphatic heterocycles. The van der Waals surface area contributed by atoms with Crippen molar-refractivity contribution in [3.63, 3.8) is 0 Å². The van der Waals surface area contributed by atoms with Gasteiger partial charge in [0.2, 0.25) is 10.0 Å². The molecule has 0 saturated carbocycles. The van der Waals surface area contributed by atoms with E-state index in [-0.39, 0.29) is 17.1 Å². The van der Waals surface area contributed by atoms with Crippen LogP contribution in [-0.2, 0) is 21.3 Å². The van der Waals surface area contributed by atoms with E-state index in [0.29, 0.717) is 12.2 Å². The molecule has 2 rings (SSSR count). The van der Waals surface area contributed by atoms with Gasteiger partial charge < -0.3 is 15.2 Å². The van der Waals surface area contributed by atoms with Crippen LogP contribution in [-0.4, -0.2) is 39.3 Å². The van der Waals surface area contributed by atoms with Gasteiger partial charge in [-0.3, -0.25) is 0 Å². The number of rotatable bonds is 9. The summed E-state index contributed by atoms with van der Waals surface area (Å²) in [7, 11) is -2.37. The number of nitrogens with one attached hydrogen (secondary N) is 2. The third-order valence-electron chi connectivity index (χ3n) is 3.63. The minimum absolute atomic E-state index is 0.108. The van der Waals surface area contributed by atoms with E-state index in [1.165, 1.54) is 19.2 Å². The van der Waals surface area contributed by atoms with Gasteiger partial charge >= 0.3 is 5.97 Å². The Hall–Kier alpha value is -2.42. The van der Waals surface area contributed by atoms with Gasteiger partial charge in [0.25, 0.3) is 0 Å². The lowest BCUT2D eigenvalue weighted by Gasteiger charge is -2.15. The van der Waals surface area contributed by atoms with Crippen LogP contribution in [0.15, 0.2) is 53.4 Å². The molecule has 0 aliphatic rings. The van der Waals surface area contributed by atoms with Gasteiger partial charge in [0.15, 0.2) is 0 Å². The molecule has 3 N–H and O–H groups in total. The molecular formula is C18H22N2O5S. The molecule has 0 heterocycles. The number of carboxylic acids is 1. The van der Waals surface area contributed by atoms with E-state index in [0.717, 1.165) is 11.6 Å². The summed E-state index contributed by atoms with van der Waals surface area (Å²) >= 11 is 0. The third-order valence-corrected chi connectivity index (χ3v) is 5.22. The second-order valence-electron chi connectivity index (χ2n) is 5.83. The Kier molecular flexibility index (Phi) is 6.73. The molecule has 0 saturated heterocycles. The van der Waals surface area contributed by atoms with E-state index < -0.39 is 22.0 Å². The SMILES string of the molecule is COC[C@H](C)NS(=O)(=O)c1ccc(NCc2ccccc2)c(C(=O)O)c1. The highest BCUT2D eigenvalue weighted by Crippen LogP contribution is 2.21. The van der Waals surface area contributed by atoms with E-state index in [1.54, 1.807) is 6.92 Å². The van der Waals surface area contributed by atoms with E-state index in [4.69, 9.17) is 4.74 Å². The number of benzene rings is 2. The van der Waals surface area contributed by atoms with E-state index in [2.05, 4.69) is 10.0 Å². The monoisotopic (exact) mass is 378 g/mol. The Morgan fingerprint density at radius 1 is 1.19 bits per heavy atom. The fourth-order valence-corrected chi connectivity index (χ4v) is 3.69. The van der Waals surface area contributed by atoms with E-state index in [9.17, 15) is 18.3 Å². The Bertz CT molecular complexity index is 853. The van der Waals surface area contributed by atoms with Gasteiger partial charge in [0, 0.05) is 25.4 Å². The number of methoxy groups -OCH3 is 1. The molecule has 1 atom stereocenters. The number of ether oxygens (including phenoxy) is 1. The lowest BCUT2D eigenvalue weighted by atomic mass is 10.1. The molecular weight excluding hydrogens is 356 g/mol. The molecule has 2 aromatic rings. The smallest absolute Gasteiger partial charge is 0.337 e. The zero-order valence-corrected chi connectivity index (χ0v) is 15.4. The van der Waals surface area contributed by atoms with Gasteiger partial charge in [0.05, 0.1) is 17.1 Å². The van der Waals surface area contributed by atoms with Crippen LogP contribution < -0.4 is 10.0 Å². The topological polar surface area (TPSA) is 105 Å². The second-order valence-corrected chi connectivity index (χ2v) is 7.54. The standard InChI is InChI=1S/C18H22N2O5S/c1-13(12-25-2)20-26(23,24)15-8-9-17(16(10-15)18(21)22)19-11-14-6-4-3-5-7-14/h3-10,13,19-20H,11-12H2,1-2H3,(H,21,22)/t13-/m0/s1. The molecule has 0 aliphatic carbocycles. The lowest BCUT2D eigenvalue weighted by molar-refractivity contribution is 0.0697. The number of hydrogen-bond acceptors (Lipinski definition) is 5. The van der Waals surface area contributed by atoms with Crippen LogP contribution in [0.3, 0.4) is 0 Å². The summed E-state index contributed by atoms with van der Waals surface area (Å²) in [6.45, 7) is 2.30. The number of carboxylic acid groups (broad SMARTS) is 1. The maximum absolute atomic E-state index is 12.4. The van der Waals surface area contributed by atoms with Gasteiger partial charge in [-0.15, -0.1) is 0 Å². The molecule has 0 radical (unpaired) electrons. The Labute approximate surface area is 153 Å². The van der Waals surface area contributed by atoms with E-state index in [1.807, 2.05) is 30.3 Å². The highest BCUT2D eigenvalue weighted by atomic mass is 32.2. The zero-order valence-electron chi connectivity index (χ0n) is 14.6. The summed E-state index contributed by atoms with van der Waals surface area (Å²) in [5.41, 5.74) is 1.23. The highest BCUT2D eigenvalue weighted by Gasteiger charge is 2.21. The van der Waals surface area contributed by atoms with Crippen LogP contribution >= 0.6 is 0 Å². The predicted octanol–water partition coefficient (Wildman–Crippen LogP) is 2.31. The average Bonchev–Trinajstić information content (AvgIpc) is 2.60. The molecule has 0 aromatic heterocycles. The summed E-state index contributed by atoms with van der Waals surface area (Å²) in [6.07, 6.45) is 0. The molecule has 0 bridgehead atoms. The van der Waals surface area contributed by atoms with Crippen molar-refractivity contribution >= 4 is 21.7 Å². The first-order valence-corrected chi connectivity index (χ1v) is 9.48. The van der Waals surface area contributed by atoms with Crippen molar-refractivity contribution < 1.29 is 23.1 Å². The van der Waals surface area contributed by atoms with Crippen molar-refractivity contribution in [1.29, 1.82) is 0 Å². The minimum Gasteiger partial charge on any atom is -0.478 e. The Morgan fingerprint density at radius 3 is 2.50 bits per heavy atom. The van der Waals surface area contributed by atoms with Crippen molar-refractivity contribution in [2.45, 2.75) is 24.4 Å².